The van der Waals surface area contributed by atoms with E-state index in [4.69, 9.17) is 0 Å². The maximum absolute atomic E-state index is 12.2. The molecule has 2 rings (SSSR count). The Morgan fingerprint density at radius 3 is 3.00 bits per heavy atom. The zero-order chi connectivity index (χ0) is 14.4. The highest BCUT2D eigenvalue weighted by atomic mass is 16.2. The maximum Gasteiger partial charge on any atom is 0.224 e. The molecule has 110 valence electrons. The fraction of sp³-hybridized carbons (Fsp3) is 0.692. The van der Waals surface area contributed by atoms with Crippen LogP contribution in [0, 0.1) is 5.92 Å². The SMILES string of the molecule is CC(=O)NCC1CCCN(C(=O)CCn2cncn2)C1. The van der Waals surface area contributed by atoms with Gasteiger partial charge in [0.25, 0.3) is 0 Å². The molecule has 20 heavy (non-hydrogen) atoms. The lowest BCUT2D eigenvalue weighted by atomic mass is 9.97. The fourth-order valence-electron chi connectivity index (χ4n) is 2.46. The van der Waals surface area contributed by atoms with Crippen molar-refractivity contribution in [2.75, 3.05) is 19.6 Å². The Labute approximate surface area is 118 Å². The molecule has 0 aromatic carbocycles. The van der Waals surface area contributed by atoms with Gasteiger partial charge in [-0.3, -0.25) is 14.3 Å². The molecule has 7 nitrogen and oxygen atoms in total. The number of piperidine rings is 1. The van der Waals surface area contributed by atoms with Crippen molar-refractivity contribution in [3.8, 4) is 0 Å². The van der Waals surface area contributed by atoms with Crippen molar-refractivity contribution in [2.45, 2.75) is 32.7 Å². The lowest BCUT2D eigenvalue weighted by Gasteiger charge is -2.33. The summed E-state index contributed by atoms with van der Waals surface area (Å²) in [5.74, 6) is 0.496. The molecule has 0 bridgehead atoms. The van der Waals surface area contributed by atoms with E-state index in [1.54, 1.807) is 11.0 Å². The van der Waals surface area contributed by atoms with Crippen LogP contribution in [0.3, 0.4) is 0 Å². The lowest BCUT2D eigenvalue weighted by Crippen LogP contribution is -2.43. The van der Waals surface area contributed by atoms with Crippen LogP contribution >= 0.6 is 0 Å². The maximum atomic E-state index is 12.2. The van der Waals surface area contributed by atoms with E-state index in [0.29, 0.717) is 25.4 Å². The number of aryl methyl sites for hydroxylation is 1. The van der Waals surface area contributed by atoms with E-state index in [0.717, 1.165) is 25.9 Å². The van der Waals surface area contributed by atoms with E-state index >= 15 is 0 Å². The van der Waals surface area contributed by atoms with Crippen molar-refractivity contribution >= 4 is 11.8 Å². The van der Waals surface area contributed by atoms with Crippen molar-refractivity contribution in [3.63, 3.8) is 0 Å². The summed E-state index contributed by atoms with van der Waals surface area (Å²) in [5, 5.41) is 6.81. The molecule has 2 amide bonds. The van der Waals surface area contributed by atoms with E-state index in [9.17, 15) is 9.59 Å². The van der Waals surface area contributed by atoms with Crippen molar-refractivity contribution in [1.29, 1.82) is 0 Å². The molecule has 1 fully saturated rings. The fourth-order valence-corrected chi connectivity index (χ4v) is 2.46. The van der Waals surface area contributed by atoms with Gasteiger partial charge in [0.15, 0.2) is 0 Å². The summed E-state index contributed by atoms with van der Waals surface area (Å²) >= 11 is 0. The zero-order valence-electron chi connectivity index (χ0n) is 11.8. The van der Waals surface area contributed by atoms with Crippen molar-refractivity contribution in [1.82, 2.24) is 25.0 Å². The van der Waals surface area contributed by atoms with Crippen molar-refractivity contribution in [3.05, 3.63) is 12.7 Å². The second-order valence-electron chi connectivity index (χ2n) is 5.19. The van der Waals surface area contributed by atoms with E-state index in [2.05, 4.69) is 15.4 Å². The average Bonchev–Trinajstić information content (AvgIpc) is 2.96. The van der Waals surface area contributed by atoms with Gasteiger partial charge < -0.3 is 10.2 Å². The molecule has 1 aliphatic heterocycles. The third-order valence-corrected chi connectivity index (χ3v) is 3.53. The third-order valence-electron chi connectivity index (χ3n) is 3.53. The number of hydrogen-bond acceptors (Lipinski definition) is 4. The molecule has 2 heterocycles. The number of amides is 2. The Bertz CT molecular complexity index is 446. The lowest BCUT2D eigenvalue weighted by molar-refractivity contribution is -0.133. The van der Waals surface area contributed by atoms with Crippen LogP contribution in [0.4, 0.5) is 0 Å². The summed E-state index contributed by atoms with van der Waals surface area (Å²) in [6.07, 6.45) is 5.58. The predicted molar refractivity (Wildman–Crippen MR) is 72.6 cm³/mol. The van der Waals surface area contributed by atoms with Gasteiger partial charge in [-0.15, -0.1) is 0 Å². The Morgan fingerprint density at radius 1 is 1.45 bits per heavy atom. The van der Waals surface area contributed by atoms with Gasteiger partial charge in [-0.1, -0.05) is 0 Å². The van der Waals surface area contributed by atoms with Crippen LogP contribution < -0.4 is 5.32 Å². The van der Waals surface area contributed by atoms with Crippen molar-refractivity contribution in [2.24, 2.45) is 5.92 Å². The molecule has 1 N–H and O–H groups in total. The smallest absolute Gasteiger partial charge is 0.224 e. The summed E-state index contributed by atoms with van der Waals surface area (Å²) in [4.78, 5) is 28.8. The molecule has 1 saturated heterocycles. The Hall–Kier alpha value is -1.92. The average molecular weight is 279 g/mol. The highest BCUT2D eigenvalue weighted by Gasteiger charge is 2.23. The molecule has 0 saturated carbocycles. The first-order chi connectivity index (χ1) is 9.65. The number of nitrogens with one attached hydrogen (secondary N) is 1. The molecule has 1 aromatic rings. The highest BCUT2D eigenvalue weighted by Crippen LogP contribution is 2.16. The van der Waals surface area contributed by atoms with Gasteiger partial charge >= 0.3 is 0 Å². The third kappa shape index (κ3) is 4.32. The predicted octanol–water partition coefficient (Wildman–Crippen LogP) is 0.0429. The number of likely N-dealkylation sites (tertiary alicyclic amines) is 1. The van der Waals surface area contributed by atoms with Crippen LogP contribution in [-0.4, -0.2) is 51.1 Å². The van der Waals surface area contributed by atoms with Gasteiger partial charge in [0.2, 0.25) is 11.8 Å². The summed E-state index contributed by atoms with van der Waals surface area (Å²) in [6.45, 7) is 4.28. The molecule has 0 spiro atoms. The number of carbonyl (C=O) groups excluding carboxylic acids is 2. The second-order valence-corrected chi connectivity index (χ2v) is 5.19. The summed E-state index contributed by atoms with van der Waals surface area (Å²) in [7, 11) is 0. The number of nitrogens with zero attached hydrogens (tertiary/aromatic N) is 4. The summed E-state index contributed by atoms with van der Waals surface area (Å²) in [6, 6.07) is 0. The van der Waals surface area contributed by atoms with E-state index in [1.165, 1.54) is 13.3 Å². The van der Waals surface area contributed by atoms with Crippen molar-refractivity contribution < 1.29 is 9.59 Å². The second kappa shape index (κ2) is 7.02. The van der Waals surface area contributed by atoms with Gasteiger partial charge in [0, 0.05) is 33.0 Å². The normalized spacial score (nSPS) is 18.9. The largest absolute Gasteiger partial charge is 0.356 e. The molecule has 0 aliphatic carbocycles. The topological polar surface area (TPSA) is 80.1 Å². The monoisotopic (exact) mass is 279 g/mol. The minimum atomic E-state index is -0.0142. The number of carbonyl (C=O) groups is 2. The summed E-state index contributed by atoms with van der Waals surface area (Å²) < 4.78 is 1.66. The van der Waals surface area contributed by atoms with Gasteiger partial charge in [-0.2, -0.15) is 5.10 Å². The molecule has 1 atom stereocenters. The van der Waals surface area contributed by atoms with Crippen LogP contribution in [0.2, 0.25) is 0 Å². The van der Waals surface area contributed by atoms with Crippen LogP contribution in [0.1, 0.15) is 26.2 Å². The molecular weight excluding hydrogens is 258 g/mol. The standard InChI is InChI=1S/C13H21N5O2/c1-11(19)15-7-12-3-2-5-17(8-12)13(20)4-6-18-10-14-9-16-18/h9-10,12H,2-8H2,1H3,(H,15,19). The molecule has 1 aromatic heterocycles. The van der Waals surface area contributed by atoms with Gasteiger partial charge in [0.05, 0.1) is 6.54 Å². The van der Waals surface area contributed by atoms with E-state index < -0.39 is 0 Å². The Morgan fingerprint density at radius 2 is 2.30 bits per heavy atom. The van der Waals surface area contributed by atoms with Crippen LogP contribution in [0.15, 0.2) is 12.7 Å². The summed E-state index contributed by atoms with van der Waals surface area (Å²) in [5.41, 5.74) is 0. The molecule has 0 radical (unpaired) electrons. The van der Waals surface area contributed by atoms with Gasteiger partial charge in [-0.05, 0) is 18.8 Å². The zero-order valence-corrected chi connectivity index (χ0v) is 11.8. The van der Waals surface area contributed by atoms with Gasteiger partial charge in [0.1, 0.15) is 12.7 Å². The van der Waals surface area contributed by atoms with Crippen LogP contribution in [0.25, 0.3) is 0 Å². The van der Waals surface area contributed by atoms with E-state index in [1.807, 2.05) is 4.90 Å². The minimum Gasteiger partial charge on any atom is -0.356 e. The number of aromatic nitrogens is 3. The quantitative estimate of drug-likeness (QED) is 0.825. The first kappa shape index (κ1) is 14.5. The number of rotatable bonds is 5. The number of hydrogen-bond donors (Lipinski definition) is 1. The Kier molecular flexibility index (Phi) is 5.09. The van der Waals surface area contributed by atoms with E-state index in [-0.39, 0.29) is 11.8 Å². The first-order valence-corrected chi connectivity index (χ1v) is 7.00. The molecule has 1 unspecified atom stereocenters. The minimum absolute atomic E-state index is 0.0142. The van der Waals surface area contributed by atoms with Crippen LogP contribution in [-0.2, 0) is 16.1 Å². The molecular formula is C13H21N5O2. The Balaban J connectivity index is 1.76. The molecule has 1 aliphatic rings. The van der Waals surface area contributed by atoms with Crippen LogP contribution in [0.5, 0.6) is 0 Å². The highest BCUT2D eigenvalue weighted by molar-refractivity contribution is 5.76. The van der Waals surface area contributed by atoms with Gasteiger partial charge in [-0.25, -0.2) is 4.98 Å². The molecule has 7 heteroatoms. The first-order valence-electron chi connectivity index (χ1n) is 7.00.